The summed E-state index contributed by atoms with van der Waals surface area (Å²) in [6.45, 7) is 7.21. The first-order valence-electron chi connectivity index (χ1n) is 10.5. The number of benzene rings is 2. The van der Waals surface area contributed by atoms with E-state index in [2.05, 4.69) is 50.4 Å². The number of amides is 1. The first kappa shape index (κ1) is 22.5. The Kier molecular flexibility index (Phi) is 6.95. The lowest BCUT2D eigenvalue weighted by Crippen LogP contribution is -2.39. The van der Waals surface area contributed by atoms with Crippen LogP contribution in [0.25, 0.3) is 0 Å². The second-order valence-electron chi connectivity index (χ2n) is 8.23. The highest BCUT2D eigenvalue weighted by Crippen LogP contribution is 2.30. The Bertz CT molecular complexity index is 1000. The van der Waals surface area contributed by atoms with Gasteiger partial charge in [-0.25, -0.2) is 13.6 Å². The number of sulfonamides is 1. The van der Waals surface area contributed by atoms with Crippen LogP contribution in [0.1, 0.15) is 49.9 Å². The van der Waals surface area contributed by atoms with E-state index >= 15 is 0 Å². The Balaban J connectivity index is 1.69. The molecular formula is C23H31N3O3S. The number of nitrogens with one attached hydrogen (secondary N) is 1. The maximum absolute atomic E-state index is 12.9. The maximum Gasteiger partial charge on any atom is 0.240 e. The molecule has 1 aliphatic rings. The van der Waals surface area contributed by atoms with E-state index in [-0.39, 0.29) is 23.4 Å². The summed E-state index contributed by atoms with van der Waals surface area (Å²) in [5, 5.41) is 8.64. The first-order chi connectivity index (χ1) is 14.2. The summed E-state index contributed by atoms with van der Waals surface area (Å²) in [5.41, 5.74) is 4.10. The summed E-state index contributed by atoms with van der Waals surface area (Å²) in [4.78, 5) is 14.7. The van der Waals surface area contributed by atoms with Gasteiger partial charge in [-0.3, -0.25) is 4.79 Å². The van der Waals surface area contributed by atoms with E-state index < -0.39 is 10.0 Å². The van der Waals surface area contributed by atoms with Gasteiger partial charge in [-0.05, 0) is 53.6 Å². The van der Waals surface area contributed by atoms with Gasteiger partial charge in [0.15, 0.2) is 0 Å². The molecule has 0 saturated carbocycles. The van der Waals surface area contributed by atoms with E-state index in [1.54, 1.807) is 17.0 Å². The number of aryl methyl sites for hydroxylation is 1. The molecule has 6 nitrogen and oxygen atoms in total. The molecule has 0 saturated heterocycles. The Morgan fingerprint density at radius 1 is 1.17 bits per heavy atom. The van der Waals surface area contributed by atoms with Crippen LogP contribution >= 0.6 is 0 Å². The number of anilines is 1. The minimum Gasteiger partial charge on any atom is -0.311 e. The fourth-order valence-electron chi connectivity index (χ4n) is 4.03. The van der Waals surface area contributed by atoms with Crippen molar-refractivity contribution in [1.82, 2.24) is 5.32 Å². The summed E-state index contributed by atoms with van der Waals surface area (Å²) in [6, 6.07) is 13.4. The van der Waals surface area contributed by atoms with Crippen LogP contribution in [-0.2, 0) is 27.7 Å². The van der Waals surface area contributed by atoms with Gasteiger partial charge in [0.2, 0.25) is 15.9 Å². The molecule has 0 aliphatic carbocycles. The van der Waals surface area contributed by atoms with Crippen molar-refractivity contribution in [3.63, 3.8) is 0 Å². The highest BCUT2D eigenvalue weighted by atomic mass is 32.2. The zero-order valence-corrected chi connectivity index (χ0v) is 18.7. The van der Waals surface area contributed by atoms with E-state index in [1.807, 2.05) is 0 Å². The van der Waals surface area contributed by atoms with Crippen LogP contribution in [0, 0.1) is 5.92 Å². The molecule has 3 rings (SSSR count). The normalized spacial score (nSPS) is 14.8. The van der Waals surface area contributed by atoms with Crippen molar-refractivity contribution in [3.05, 3.63) is 59.2 Å². The zero-order valence-electron chi connectivity index (χ0n) is 17.9. The van der Waals surface area contributed by atoms with Crippen LogP contribution in [0.2, 0.25) is 0 Å². The third kappa shape index (κ3) is 5.09. The summed E-state index contributed by atoms with van der Waals surface area (Å²) < 4.78 is 23.1. The smallest absolute Gasteiger partial charge is 0.240 e. The Labute approximate surface area is 179 Å². The Hall–Kier alpha value is -2.22. The maximum atomic E-state index is 12.9. The van der Waals surface area contributed by atoms with Crippen LogP contribution in [0.5, 0.6) is 0 Å². The van der Waals surface area contributed by atoms with Crippen LogP contribution in [0.3, 0.4) is 0 Å². The van der Waals surface area contributed by atoms with Crippen molar-refractivity contribution in [3.8, 4) is 0 Å². The topological polar surface area (TPSA) is 92.5 Å². The molecule has 1 atom stereocenters. The van der Waals surface area contributed by atoms with Gasteiger partial charge in [-0.1, -0.05) is 51.5 Å². The van der Waals surface area contributed by atoms with Crippen molar-refractivity contribution in [2.45, 2.75) is 51.0 Å². The van der Waals surface area contributed by atoms with Crippen molar-refractivity contribution in [2.24, 2.45) is 11.1 Å². The van der Waals surface area contributed by atoms with Gasteiger partial charge in [0.25, 0.3) is 0 Å². The van der Waals surface area contributed by atoms with Crippen LogP contribution in [-0.4, -0.2) is 27.4 Å². The number of hydrogen-bond acceptors (Lipinski definition) is 4. The molecular weight excluding hydrogens is 398 g/mol. The third-order valence-electron chi connectivity index (χ3n) is 5.59. The molecule has 0 fully saturated rings. The van der Waals surface area contributed by atoms with Crippen molar-refractivity contribution in [1.29, 1.82) is 0 Å². The number of nitrogens with two attached hydrogens (primary N) is 1. The molecule has 0 bridgehead atoms. The summed E-state index contributed by atoms with van der Waals surface area (Å²) in [6.07, 6.45) is 2.81. The number of fused-ring (bicyclic) bond motifs is 1. The lowest BCUT2D eigenvalue weighted by molar-refractivity contribution is -0.117. The zero-order chi connectivity index (χ0) is 21.9. The third-order valence-corrected chi connectivity index (χ3v) is 6.50. The molecule has 3 N–H and O–H groups in total. The second-order valence-corrected chi connectivity index (χ2v) is 9.79. The average molecular weight is 430 g/mol. The first-order valence-corrected chi connectivity index (χ1v) is 12.0. The van der Waals surface area contributed by atoms with Gasteiger partial charge in [0.05, 0.1) is 11.4 Å². The van der Waals surface area contributed by atoms with Crippen molar-refractivity contribution < 1.29 is 13.2 Å². The van der Waals surface area contributed by atoms with Gasteiger partial charge in [-0.15, -0.1) is 0 Å². The fraction of sp³-hybridized carbons (Fsp3) is 0.435. The van der Waals surface area contributed by atoms with Crippen molar-refractivity contribution >= 4 is 21.6 Å². The summed E-state index contributed by atoms with van der Waals surface area (Å²) >= 11 is 0. The van der Waals surface area contributed by atoms with Crippen molar-refractivity contribution in [2.75, 3.05) is 18.0 Å². The highest BCUT2D eigenvalue weighted by Gasteiger charge is 2.27. The monoisotopic (exact) mass is 429 g/mol. The number of rotatable bonds is 8. The molecule has 1 aliphatic heterocycles. The molecule has 162 valence electrons. The average Bonchev–Trinajstić information content (AvgIpc) is 3.12. The summed E-state index contributed by atoms with van der Waals surface area (Å²) in [7, 11) is -3.75. The number of primary sulfonamides is 1. The van der Waals surface area contributed by atoms with E-state index in [4.69, 9.17) is 5.14 Å². The molecule has 0 radical (unpaired) electrons. The molecule has 0 spiro atoms. The van der Waals surface area contributed by atoms with Gasteiger partial charge in [0.1, 0.15) is 0 Å². The second kappa shape index (κ2) is 9.29. The number of carbonyl (C=O) groups excluding carboxylic acids is 1. The molecule has 0 aromatic heterocycles. The Morgan fingerprint density at radius 3 is 2.47 bits per heavy atom. The molecule has 30 heavy (non-hydrogen) atoms. The fourth-order valence-corrected chi connectivity index (χ4v) is 4.59. The number of nitrogens with zero attached hydrogens (tertiary/aromatic N) is 1. The minimum atomic E-state index is -3.75. The lowest BCUT2D eigenvalue weighted by Gasteiger charge is -2.25. The predicted octanol–water partition coefficient (Wildman–Crippen LogP) is 3.16. The van der Waals surface area contributed by atoms with E-state index in [1.165, 1.54) is 17.2 Å². The molecule has 2 aromatic carbocycles. The number of carbonyl (C=O) groups is 1. The Morgan fingerprint density at radius 2 is 1.87 bits per heavy atom. The van der Waals surface area contributed by atoms with Crippen LogP contribution < -0.4 is 15.4 Å². The SMILES string of the molecule is CCCc1ccc(C(NCC(=O)N2CCc3cc(S(N)(=O)=O)ccc32)C(C)C)cc1. The van der Waals surface area contributed by atoms with E-state index in [0.717, 1.165) is 24.1 Å². The molecule has 1 heterocycles. The highest BCUT2D eigenvalue weighted by molar-refractivity contribution is 7.89. The van der Waals surface area contributed by atoms with E-state index in [0.29, 0.717) is 18.9 Å². The van der Waals surface area contributed by atoms with E-state index in [9.17, 15) is 13.2 Å². The van der Waals surface area contributed by atoms with Gasteiger partial charge in [0, 0.05) is 18.3 Å². The number of hydrogen-bond donors (Lipinski definition) is 2. The summed E-state index contributed by atoms with van der Waals surface area (Å²) in [5.74, 6) is 0.309. The molecule has 1 unspecified atom stereocenters. The lowest BCUT2D eigenvalue weighted by atomic mass is 9.94. The molecule has 7 heteroatoms. The molecule has 2 aromatic rings. The van der Waals surface area contributed by atoms with Gasteiger partial charge < -0.3 is 10.2 Å². The largest absolute Gasteiger partial charge is 0.311 e. The van der Waals surface area contributed by atoms with Crippen LogP contribution in [0.15, 0.2) is 47.4 Å². The molecule has 1 amide bonds. The standard InChI is InChI=1S/C23H31N3O3S/c1-4-5-17-6-8-18(9-7-17)23(16(2)3)25-15-22(27)26-13-12-19-14-20(30(24,28)29)10-11-21(19)26/h6-11,14,16,23,25H,4-5,12-13,15H2,1-3H3,(H2,24,28,29). The van der Waals surface area contributed by atoms with Gasteiger partial charge in [-0.2, -0.15) is 0 Å². The quantitative estimate of drug-likeness (QED) is 0.674. The van der Waals surface area contributed by atoms with Crippen LogP contribution in [0.4, 0.5) is 5.69 Å². The minimum absolute atomic E-state index is 0.0228. The predicted molar refractivity (Wildman–Crippen MR) is 120 cm³/mol. The van der Waals surface area contributed by atoms with Gasteiger partial charge >= 0.3 is 0 Å².